The first-order chi connectivity index (χ1) is 9.86. The number of hydrogen-bond acceptors (Lipinski definition) is 4. The van der Waals surface area contributed by atoms with Gasteiger partial charge in [0, 0.05) is 5.57 Å². The second-order valence-corrected chi connectivity index (χ2v) is 4.43. The quantitative estimate of drug-likeness (QED) is 0.626. The van der Waals surface area contributed by atoms with E-state index in [9.17, 15) is 27.5 Å². The lowest BCUT2D eigenvalue weighted by Gasteiger charge is -2.33. The first kappa shape index (κ1) is 15.6. The zero-order valence-electron chi connectivity index (χ0n) is 10.2. The maximum Gasteiger partial charge on any atom is 0.312 e. The number of carbonyl (C=O) groups is 1. The Balaban J connectivity index is 2.59. The van der Waals surface area contributed by atoms with Crippen molar-refractivity contribution in [3.63, 3.8) is 0 Å². The number of nitrogens with zero attached hydrogens (tertiary/aromatic N) is 2. The van der Waals surface area contributed by atoms with E-state index in [-0.39, 0.29) is 10.7 Å². The summed E-state index contributed by atoms with van der Waals surface area (Å²) in [5, 5.41) is 10.7. The molecule has 1 aliphatic heterocycles. The number of aliphatic carboxylic acids is 1. The molecule has 1 aliphatic rings. The van der Waals surface area contributed by atoms with Crippen LogP contribution in [0.15, 0.2) is 41.1 Å². The van der Waals surface area contributed by atoms with Crippen molar-refractivity contribution in [1.82, 2.24) is 5.01 Å². The largest absolute Gasteiger partial charge is 0.545 e. The summed E-state index contributed by atoms with van der Waals surface area (Å²) in [6.07, 6.45) is -3.38. The first-order valence-corrected chi connectivity index (χ1v) is 6.04. The third-order valence-corrected chi connectivity index (χ3v) is 3.24. The number of carboxylic acids is 1. The number of para-hydroxylation sites is 1. The molecule has 4 nitrogen and oxygen atoms in total. The summed E-state index contributed by atoms with van der Waals surface area (Å²) in [4.78, 5) is 11.0. The van der Waals surface area contributed by atoms with Gasteiger partial charge in [-0.1, -0.05) is 29.8 Å². The van der Waals surface area contributed by atoms with Crippen LogP contribution >= 0.6 is 11.6 Å². The summed E-state index contributed by atoms with van der Waals surface area (Å²) in [6.45, 7) is -3.38. The van der Waals surface area contributed by atoms with Gasteiger partial charge in [0.1, 0.15) is 11.2 Å². The number of rotatable bonds is 4. The molecule has 21 heavy (non-hydrogen) atoms. The number of halogens is 5. The smallest absolute Gasteiger partial charge is 0.312 e. The molecule has 0 aromatic heterocycles. The van der Waals surface area contributed by atoms with Crippen LogP contribution in [0.25, 0.3) is 0 Å². The van der Waals surface area contributed by atoms with Crippen molar-refractivity contribution >= 4 is 23.3 Å². The van der Waals surface area contributed by atoms with Crippen LogP contribution in [0.3, 0.4) is 0 Å². The summed E-state index contributed by atoms with van der Waals surface area (Å²) >= 11 is 5.73. The minimum Gasteiger partial charge on any atom is -0.545 e. The third kappa shape index (κ3) is 2.68. The fraction of sp³-hybridized carbons (Fsp3) is 0.250. The fourth-order valence-corrected chi connectivity index (χ4v) is 2.44. The van der Waals surface area contributed by atoms with Crippen LogP contribution in [0, 0.1) is 0 Å². The summed E-state index contributed by atoms with van der Waals surface area (Å²) in [7, 11) is 0. The Hall–Kier alpha value is -1.80. The van der Waals surface area contributed by atoms with Gasteiger partial charge in [0.05, 0.1) is 11.7 Å². The molecule has 0 fully saturated rings. The summed E-state index contributed by atoms with van der Waals surface area (Å²) < 4.78 is 52.4. The predicted octanol–water partition coefficient (Wildman–Crippen LogP) is 1.78. The molecule has 0 amide bonds. The Kier molecular flexibility index (Phi) is 4.38. The molecule has 0 saturated carbocycles. The van der Waals surface area contributed by atoms with Crippen LogP contribution in [-0.4, -0.2) is 30.0 Å². The highest BCUT2D eigenvalue weighted by molar-refractivity contribution is 6.33. The zero-order chi connectivity index (χ0) is 15.7. The molecule has 0 N–H and O–H groups in total. The second-order valence-electron chi connectivity index (χ2n) is 4.08. The van der Waals surface area contributed by atoms with Crippen molar-refractivity contribution < 1.29 is 27.5 Å². The van der Waals surface area contributed by atoms with E-state index in [2.05, 4.69) is 0 Å². The lowest BCUT2D eigenvalue weighted by molar-refractivity contribution is -0.300. The minimum atomic E-state index is -3.38. The van der Waals surface area contributed by atoms with Gasteiger partial charge in [-0.2, -0.15) is 8.78 Å². The van der Waals surface area contributed by atoms with Gasteiger partial charge in [-0.15, -0.1) is 5.01 Å². The molecule has 2 rings (SSSR count). The fourth-order valence-electron chi connectivity index (χ4n) is 2.07. The molecular weight excluding hydrogens is 316 g/mol. The molecular formula is C12H8ClF4N2O2-. The van der Waals surface area contributed by atoms with E-state index in [0.29, 0.717) is 5.01 Å². The normalized spacial score (nSPS) is 20.0. The minimum absolute atomic E-state index is 0.0321. The molecule has 1 heterocycles. The number of hydrogen-bond donors (Lipinski definition) is 0. The van der Waals surface area contributed by atoms with Gasteiger partial charge in [0.15, 0.2) is 0 Å². The van der Waals surface area contributed by atoms with Crippen molar-refractivity contribution in [3.8, 4) is 0 Å². The van der Waals surface area contributed by atoms with E-state index in [4.69, 9.17) is 11.6 Å². The van der Waals surface area contributed by atoms with E-state index in [1.54, 1.807) is 6.07 Å². The zero-order valence-corrected chi connectivity index (χ0v) is 11.0. The Morgan fingerprint density at radius 3 is 2.19 bits per heavy atom. The van der Waals surface area contributed by atoms with Gasteiger partial charge in [-0.25, -0.2) is 8.78 Å². The second kappa shape index (κ2) is 5.90. The number of anilines is 1. The monoisotopic (exact) mass is 323 g/mol. The standard InChI is InChI=1S/C12H9ClF4N2O2/c13-9-7(11(20)21)8(10(14)15)19(12(16)17)18(9)6-4-2-1-3-5-6/h1-5,8,10,12H,(H,20,21)/p-1. The Morgan fingerprint density at radius 1 is 1.19 bits per heavy atom. The molecule has 1 unspecified atom stereocenters. The number of hydrazine groups is 1. The number of carbonyl (C=O) groups excluding carboxylic acids is 1. The number of benzene rings is 1. The summed E-state index contributed by atoms with van der Waals surface area (Å²) in [5.41, 5.74) is -1.04. The molecule has 1 aromatic rings. The molecule has 1 aromatic carbocycles. The highest BCUT2D eigenvalue weighted by atomic mass is 35.5. The van der Waals surface area contributed by atoms with Gasteiger partial charge in [-0.3, -0.25) is 5.01 Å². The van der Waals surface area contributed by atoms with Crippen LogP contribution in [0.1, 0.15) is 0 Å². The molecule has 0 spiro atoms. The molecule has 0 radical (unpaired) electrons. The number of alkyl halides is 4. The van der Waals surface area contributed by atoms with Gasteiger partial charge < -0.3 is 9.90 Å². The highest BCUT2D eigenvalue weighted by Gasteiger charge is 2.48. The van der Waals surface area contributed by atoms with E-state index in [0.717, 1.165) is 0 Å². The summed E-state index contributed by atoms with van der Waals surface area (Å²) in [6, 6.07) is 4.79. The van der Waals surface area contributed by atoms with Crippen LogP contribution in [0.2, 0.25) is 0 Å². The molecule has 0 aliphatic carbocycles. The lowest BCUT2D eigenvalue weighted by Crippen LogP contribution is -2.50. The third-order valence-electron chi connectivity index (χ3n) is 2.88. The van der Waals surface area contributed by atoms with Gasteiger partial charge in [-0.05, 0) is 12.1 Å². The first-order valence-electron chi connectivity index (χ1n) is 5.67. The Labute approximate surface area is 121 Å². The molecule has 0 saturated heterocycles. The van der Waals surface area contributed by atoms with E-state index in [1.807, 2.05) is 0 Å². The van der Waals surface area contributed by atoms with Crippen molar-refractivity contribution in [2.24, 2.45) is 0 Å². The maximum absolute atomic E-state index is 13.1. The maximum atomic E-state index is 13.1. The van der Waals surface area contributed by atoms with Crippen LogP contribution in [-0.2, 0) is 4.79 Å². The highest BCUT2D eigenvalue weighted by Crippen LogP contribution is 2.40. The molecule has 1 atom stereocenters. The van der Waals surface area contributed by atoms with Crippen LogP contribution < -0.4 is 10.1 Å². The van der Waals surface area contributed by atoms with Gasteiger partial charge >= 0.3 is 6.55 Å². The lowest BCUT2D eigenvalue weighted by atomic mass is 10.1. The Bertz CT molecular complexity index is 568. The van der Waals surface area contributed by atoms with E-state index < -0.39 is 35.7 Å². The topological polar surface area (TPSA) is 46.6 Å². The van der Waals surface area contributed by atoms with Crippen LogP contribution in [0.4, 0.5) is 23.2 Å². The van der Waals surface area contributed by atoms with Crippen molar-refractivity contribution in [2.45, 2.75) is 19.0 Å². The Morgan fingerprint density at radius 2 is 1.76 bits per heavy atom. The SMILES string of the molecule is O=C([O-])C1=C(Cl)N(c2ccccc2)N(C(F)F)C1C(F)F. The van der Waals surface area contributed by atoms with Crippen molar-refractivity contribution in [3.05, 3.63) is 41.1 Å². The molecule has 0 bridgehead atoms. The van der Waals surface area contributed by atoms with Crippen molar-refractivity contribution in [1.29, 1.82) is 0 Å². The van der Waals surface area contributed by atoms with Crippen LogP contribution in [0.5, 0.6) is 0 Å². The summed E-state index contributed by atoms with van der Waals surface area (Å²) in [5.74, 6) is -2.02. The number of carboxylic acid groups (broad SMARTS) is 1. The van der Waals surface area contributed by atoms with E-state index >= 15 is 0 Å². The van der Waals surface area contributed by atoms with Gasteiger partial charge in [0.25, 0.3) is 6.43 Å². The van der Waals surface area contributed by atoms with E-state index in [1.165, 1.54) is 24.3 Å². The predicted molar refractivity (Wildman–Crippen MR) is 64.4 cm³/mol. The average molecular weight is 324 g/mol. The molecule has 9 heteroatoms. The van der Waals surface area contributed by atoms with Crippen molar-refractivity contribution in [2.75, 3.05) is 5.01 Å². The average Bonchev–Trinajstić information content (AvgIpc) is 2.73. The molecule has 114 valence electrons. The van der Waals surface area contributed by atoms with Gasteiger partial charge in [0.2, 0.25) is 0 Å².